The Morgan fingerprint density at radius 3 is 2.71 bits per heavy atom. The molecule has 1 amide bonds. The molecule has 0 radical (unpaired) electrons. The van der Waals surface area contributed by atoms with Gasteiger partial charge >= 0.3 is 6.09 Å². The van der Waals surface area contributed by atoms with E-state index in [4.69, 9.17) is 10.5 Å². The molecule has 1 aliphatic heterocycles. The van der Waals surface area contributed by atoms with Crippen molar-refractivity contribution >= 4 is 6.09 Å². The van der Waals surface area contributed by atoms with Crippen molar-refractivity contribution in [2.45, 2.75) is 51.8 Å². The van der Waals surface area contributed by atoms with Gasteiger partial charge in [0.2, 0.25) is 0 Å². The summed E-state index contributed by atoms with van der Waals surface area (Å²) in [6, 6.07) is 10.5. The van der Waals surface area contributed by atoms with Gasteiger partial charge in [-0.25, -0.2) is 4.79 Å². The second-order valence-corrected chi connectivity index (χ2v) is 7.61. The van der Waals surface area contributed by atoms with Gasteiger partial charge in [-0.3, -0.25) is 4.90 Å². The highest BCUT2D eigenvalue weighted by atomic mass is 16.6. The summed E-state index contributed by atoms with van der Waals surface area (Å²) in [7, 11) is 0. The second-order valence-electron chi connectivity index (χ2n) is 7.61. The third-order valence-electron chi connectivity index (χ3n) is 4.32. The zero-order valence-electron chi connectivity index (χ0n) is 15.1. The lowest BCUT2D eigenvalue weighted by Crippen LogP contribution is -2.51. The predicted octanol–water partition coefficient (Wildman–Crippen LogP) is 2.75. The highest BCUT2D eigenvalue weighted by molar-refractivity contribution is 5.68. The normalized spacial score (nSPS) is 20.4. The van der Waals surface area contributed by atoms with Crippen molar-refractivity contribution in [2.24, 2.45) is 11.7 Å². The Morgan fingerprint density at radius 2 is 2.08 bits per heavy atom. The van der Waals surface area contributed by atoms with Crippen LogP contribution >= 0.6 is 0 Å². The smallest absolute Gasteiger partial charge is 0.407 e. The van der Waals surface area contributed by atoms with E-state index in [1.807, 2.05) is 26.8 Å². The molecule has 2 atom stereocenters. The largest absolute Gasteiger partial charge is 0.444 e. The van der Waals surface area contributed by atoms with Crippen LogP contribution in [0.3, 0.4) is 0 Å². The van der Waals surface area contributed by atoms with Crippen LogP contribution in [0.15, 0.2) is 30.3 Å². The Hall–Kier alpha value is -1.59. The average Bonchev–Trinajstić information content (AvgIpc) is 2.52. The maximum Gasteiger partial charge on any atom is 0.407 e. The van der Waals surface area contributed by atoms with Crippen LogP contribution in [0.2, 0.25) is 0 Å². The molecule has 2 unspecified atom stereocenters. The average molecular weight is 333 g/mol. The Balaban J connectivity index is 1.90. The number of rotatable bonds is 5. The molecular formula is C19H31N3O2. The Labute approximate surface area is 145 Å². The molecule has 0 spiro atoms. The highest BCUT2D eigenvalue weighted by Gasteiger charge is 2.29. The van der Waals surface area contributed by atoms with Gasteiger partial charge in [-0.05, 0) is 51.6 Å². The number of nitrogens with one attached hydrogen (secondary N) is 1. The van der Waals surface area contributed by atoms with Gasteiger partial charge in [0.1, 0.15) is 5.60 Å². The van der Waals surface area contributed by atoms with Crippen molar-refractivity contribution in [3.63, 3.8) is 0 Å². The fourth-order valence-corrected chi connectivity index (χ4v) is 3.23. The molecule has 5 heteroatoms. The SMILES string of the molecule is CC(C)(C)OC(=O)NC(CN)C1CCCN(Cc2ccccc2)C1. The van der Waals surface area contributed by atoms with Crippen LogP contribution in [0.4, 0.5) is 4.79 Å². The van der Waals surface area contributed by atoms with Gasteiger partial charge in [0.15, 0.2) is 0 Å². The van der Waals surface area contributed by atoms with Crippen molar-refractivity contribution < 1.29 is 9.53 Å². The van der Waals surface area contributed by atoms with Crippen molar-refractivity contribution in [3.05, 3.63) is 35.9 Å². The van der Waals surface area contributed by atoms with Crippen LogP contribution in [-0.4, -0.2) is 42.3 Å². The fraction of sp³-hybridized carbons (Fsp3) is 0.632. The number of nitrogens with zero attached hydrogens (tertiary/aromatic N) is 1. The number of benzene rings is 1. The lowest BCUT2D eigenvalue weighted by atomic mass is 9.90. The number of carbonyl (C=O) groups excluding carboxylic acids is 1. The minimum Gasteiger partial charge on any atom is -0.444 e. The number of piperidine rings is 1. The Kier molecular flexibility index (Phi) is 6.63. The summed E-state index contributed by atoms with van der Waals surface area (Å²) in [6.07, 6.45) is 1.84. The number of nitrogens with two attached hydrogens (primary N) is 1. The summed E-state index contributed by atoms with van der Waals surface area (Å²) in [6.45, 7) is 9.02. The number of ether oxygens (including phenoxy) is 1. The monoisotopic (exact) mass is 333 g/mol. The summed E-state index contributed by atoms with van der Waals surface area (Å²) in [5, 5.41) is 2.96. The molecule has 0 saturated carbocycles. The van der Waals surface area contributed by atoms with Crippen molar-refractivity contribution in [1.82, 2.24) is 10.2 Å². The lowest BCUT2D eigenvalue weighted by molar-refractivity contribution is 0.0460. The number of amides is 1. The van der Waals surface area contributed by atoms with Gasteiger partial charge in [-0.2, -0.15) is 0 Å². The number of hydrogen-bond acceptors (Lipinski definition) is 4. The minimum absolute atomic E-state index is 0.0431. The molecule has 3 N–H and O–H groups in total. The molecule has 0 bridgehead atoms. The van der Waals surface area contributed by atoms with Gasteiger partial charge in [-0.15, -0.1) is 0 Å². The van der Waals surface area contributed by atoms with E-state index in [1.165, 1.54) is 5.56 Å². The first-order valence-corrected chi connectivity index (χ1v) is 8.83. The van der Waals surface area contributed by atoms with Crippen LogP contribution in [0, 0.1) is 5.92 Å². The third kappa shape index (κ3) is 6.13. The van der Waals surface area contributed by atoms with Gasteiger partial charge < -0.3 is 15.8 Å². The quantitative estimate of drug-likeness (QED) is 0.869. The van der Waals surface area contributed by atoms with Gasteiger partial charge in [0.05, 0.1) is 0 Å². The summed E-state index contributed by atoms with van der Waals surface area (Å²) < 4.78 is 5.36. The van der Waals surface area contributed by atoms with E-state index in [-0.39, 0.29) is 12.1 Å². The molecule has 2 rings (SSSR count). The van der Waals surface area contributed by atoms with E-state index in [1.54, 1.807) is 0 Å². The van der Waals surface area contributed by atoms with E-state index in [9.17, 15) is 4.79 Å². The van der Waals surface area contributed by atoms with Crippen LogP contribution in [0.25, 0.3) is 0 Å². The van der Waals surface area contributed by atoms with Gasteiger partial charge in [0.25, 0.3) is 0 Å². The lowest BCUT2D eigenvalue weighted by Gasteiger charge is -2.37. The molecule has 134 valence electrons. The summed E-state index contributed by atoms with van der Waals surface area (Å²) >= 11 is 0. The number of carbonyl (C=O) groups is 1. The zero-order chi connectivity index (χ0) is 17.6. The molecular weight excluding hydrogens is 302 g/mol. The van der Waals surface area contributed by atoms with E-state index < -0.39 is 5.60 Å². The van der Waals surface area contributed by atoms with Crippen molar-refractivity contribution in [2.75, 3.05) is 19.6 Å². The molecule has 24 heavy (non-hydrogen) atoms. The van der Waals surface area contributed by atoms with Crippen LogP contribution < -0.4 is 11.1 Å². The van der Waals surface area contributed by atoms with Crippen LogP contribution in [0.5, 0.6) is 0 Å². The summed E-state index contributed by atoms with van der Waals surface area (Å²) in [5.41, 5.74) is 6.76. The Morgan fingerprint density at radius 1 is 1.38 bits per heavy atom. The van der Waals surface area contributed by atoms with E-state index in [0.29, 0.717) is 12.5 Å². The van der Waals surface area contributed by atoms with Crippen molar-refractivity contribution in [3.8, 4) is 0 Å². The summed E-state index contributed by atoms with van der Waals surface area (Å²) in [4.78, 5) is 14.5. The molecule has 5 nitrogen and oxygen atoms in total. The van der Waals surface area contributed by atoms with Crippen LogP contribution in [0.1, 0.15) is 39.2 Å². The molecule has 1 aromatic rings. The van der Waals surface area contributed by atoms with Gasteiger partial charge in [-0.1, -0.05) is 30.3 Å². The Bertz CT molecular complexity index is 513. The minimum atomic E-state index is -0.491. The first-order valence-electron chi connectivity index (χ1n) is 8.83. The summed E-state index contributed by atoms with van der Waals surface area (Å²) in [5.74, 6) is 0.361. The number of hydrogen-bond donors (Lipinski definition) is 2. The van der Waals surface area contributed by atoms with E-state index >= 15 is 0 Å². The molecule has 0 aromatic heterocycles. The topological polar surface area (TPSA) is 67.6 Å². The van der Waals surface area contributed by atoms with E-state index in [0.717, 1.165) is 32.5 Å². The van der Waals surface area contributed by atoms with Crippen LogP contribution in [-0.2, 0) is 11.3 Å². The first-order chi connectivity index (χ1) is 11.4. The number of alkyl carbamates (subject to hydrolysis) is 1. The standard InChI is InChI=1S/C19H31N3O2/c1-19(2,3)24-18(23)21-17(12-20)16-10-7-11-22(14-16)13-15-8-5-4-6-9-15/h4-6,8-9,16-17H,7,10-14,20H2,1-3H3,(H,21,23). The molecule has 1 heterocycles. The zero-order valence-corrected chi connectivity index (χ0v) is 15.1. The second kappa shape index (κ2) is 8.49. The molecule has 1 fully saturated rings. The maximum atomic E-state index is 12.0. The van der Waals surface area contributed by atoms with E-state index in [2.05, 4.69) is 34.5 Å². The molecule has 1 saturated heterocycles. The molecule has 0 aliphatic carbocycles. The maximum absolute atomic E-state index is 12.0. The molecule has 1 aliphatic rings. The van der Waals surface area contributed by atoms with Gasteiger partial charge in [0, 0.05) is 25.7 Å². The van der Waals surface area contributed by atoms with Crippen molar-refractivity contribution in [1.29, 1.82) is 0 Å². The number of likely N-dealkylation sites (tertiary alicyclic amines) is 1. The fourth-order valence-electron chi connectivity index (χ4n) is 3.23. The third-order valence-corrected chi connectivity index (χ3v) is 4.32. The highest BCUT2D eigenvalue weighted by Crippen LogP contribution is 2.21. The predicted molar refractivity (Wildman–Crippen MR) is 96.7 cm³/mol. The first kappa shape index (κ1) is 18.7. The molecule has 1 aromatic carbocycles.